The minimum atomic E-state index is -0.915. The predicted molar refractivity (Wildman–Crippen MR) is 220 cm³/mol. The van der Waals surface area contributed by atoms with E-state index in [2.05, 4.69) is 51.8 Å². The van der Waals surface area contributed by atoms with Crippen molar-refractivity contribution >= 4 is 80.2 Å². The highest BCUT2D eigenvalue weighted by Gasteiger charge is 2.21. The van der Waals surface area contributed by atoms with Crippen LogP contribution < -0.4 is 21.5 Å². The van der Waals surface area contributed by atoms with E-state index in [1.807, 2.05) is 36.7 Å². The number of nitrogens with one attached hydrogen (secondary N) is 4. The first-order valence-electron chi connectivity index (χ1n) is 17.4. The molecule has 0 aliphatic heterocycles. The molecule has 0 aliphatic rings. The van der Waals surface area contributed by atoms with E-state index in [0.717, 1.165) is 0 Å². The summed E-state index contributed by atoms with van der Waals surface area (Å²) in [6.07, 6.45) is 0.353. The molecular weight excluding hydrogens is 813 g/mol. The molecule has 0 saturated heterocycles. The van der Waals surface area contributed by atoms with Crippen LogP contribution in [0.3, 0.4) is 0 Å². The smallest absolute Gasteiger partial charge is 0.305 e. The highest BCUT2D eigenvalue weighted by Crippen LogP contribution is 2.28. The lowest BCUT2D eigenvalue weighted by molar-refractivity contribution is -0.137. The highest BCUT2D eigenvalue weighted by molar-refractivity contribution is 8.15. The summed E-state index contributed by atoms with van der Waals surface area (Å²) in [5.74, 6) is -1.74. The zero-order chi connectivity index (χ0) is 40.6. The Bertz CT molecular complexity index is 2090. The average molecular weight is 851 g/mol. The number of aliphatic carboxylic acids is 2. The van der Waals surface area contributed by atoms with Crippen molar-refractivity contribution < 1.29 is 29.4 Å². The minimum Gasteiger partial charge on any atom is -0.481 e. The number of amides is 2. The van der Waals surface area contributed by atoms with Gasteiger partial charge in [0.15, 0.2) is 21.9 Å². The molecule has 0 saturated carbocycles. The third-order valence-electron chi connectivity index (χ3n) is 7.29. The van der Waals surface area contributed by atoms with Gasteiger partial charge in [-0.05, 0) is 24.3 Å². The molecule has 0 fully saturated rings. The Hall–Kier alpha value is -5.84. The van der Waals surface area contributed by atoms with E-state index in [4.69, 9.17) is 10.2 Å². The summed E-state index contributed by atoms with van der Waals surface area (Å²) in [6, 6.07) is 17.4. The van der Waals surface area contributed by atoms with Gasteiger partial charge in [-0.1, -0.05) is 73.8 Å². The van der Waals surface area contributed by atoms with E-state index in [-0.39, 0.29) is 50.6 Å². The van der Waals surface area contributed by atoms with Gasteiger partial charge >= 0.3 is 11.9 Å². The number of hydrogen-bond acceptors (Lipinski definition) is 16. The van der Waals surface area contributed by atoms with Crippen LogP contribution in [-0.2, 0) is 22.4 Å². The molecule has 22 heteroatoms. The molecule has 4 aromatic heterocycles. The van der Waals surface area contributed by atoms with Crippen molar-refractivity contribution in [3.05, 3.63) is 106 Å². The van der Waals surface area contributed by atoms with Crippen LogP contribution in [0, 0.1) is 0 Å². The summed E-state index contributed by atoms with van der Waals surface area (Å²) in [5, 5.41) is 47.1. The van der Waals surface area contributed by atoms with Crippen LogP contribution in [-0.4, -0.2) is 91.9 Å². The molecule has 0 aliphatic carbocycles. The molecule has 6 N–H and O–H groups in total. The summed E-state index contributed by atoms with van der Waals surface area (Å²) >= 11 is 5.21. The molecule has 0 unspecified atom stereocenters. The number of thioether (sulfide) groups is 2. The second kappa shape index (κ2) is 21.5. The number of hydrogen-bond donors (Lipinski definition) is 6. The molecule has 4 heterocycles. The molecular formula is C35H38N12O6S4. The predicted octanol–water partition coefficient (Wildman–Crippen LogP) is 5.37. The first kappa shape index (κ1) is 42.3. The number of thiazole rings is 2. The second-order valence-corrected chi connectivity index (χ2v) is 15.2. The molecule has 0 bridgehead atoms. The fourth-order valence-corrected chi connectivity index (χ4v) is 8.02. The standard InChI is InChI=1S/C33H32N12O6S4.C2H6/c46-26(47)11-13-34-30-36-22(17-52-30)15-24-38-40-32(44(24)42-28(50)20-7-3-1-4-8-20)54-19-55-33-41-39-25(45(33)43-29(51)21-9-5-2-6-10-21)16-23-18-53-31(37-23)35-14-12-27(48)49;1-2/h1-10,17-18H,11-16,19H2,(H,34,36)(H,35,37)(H,42,50)(H,43,51)(H,46,47)(H,48,49);1-2H3. The number of aromatic nitrogens is 8. The van der Waals surface area contributed by atoms with E-state index in [9.17, 15) is 19.2 Å². The SMILES string of the molecule is CC.O=C(O)CCNc1nc(Cc2nnc(SCSc3nnc(Cc4csc(NCCC(=O)O)n4)n3NC(=O)c3ccccc3)n2NC(=O)c2ccccc2)cs1. The van der Waals surface area contributed by atoms with Gasteiger partial charge in [0.1, 0.15) is 0 Å². The normalized spacial score (nSPS) is 10.6. The molecule has 2 amide bonds. The third-order valence-corrected chi connectivity index (χ3v) is 11.0. The van der Waals surface area contributed by atoms with Crippen LogP contribution in [0.5, 0.6) is 0 Å². The van der Waals surface area contributed by atoms with Crippen LogP contribution in [0.15, 0.2) is 81.7 Å². The minimum absolute atomic E-state index is 0.0493. The van der Waals surface area contributed by atoms with Gasteiger partial charge in [0.25, 0.3) is 11.8 Å². The van der Waals surface area contributed by atoms with Crippen LogP contribution in [0.25, 0.3) is 0 Å². The van der Waals surface area contributed by atoms with Gasteiger partial charge in [-0.3, -0.25) is 30.0 Å². The Morgan fingerprint density at radius 3 is 1.42 bits per heavy atom. The van der Waals surface area contributed by atoms with Crippen molar-refractivity contribution in [3.8, 4) is 0 Å². The average Bonchev–Trinajstić information content (AvgIpc) is 4.03. The van der Waals surface area contributed by atoms with E-state index < -0.39 is 11.9 Å². The van der Waals surface area contributed by atoms with Gasteiger partial charge in [0.2, 0.25) is 10.3 Å². The first-order chi connectivity index (χ1) is 27.7. The van der Waals surface area contributed by atoms with E-state index >= 15 is 0 Å². The summed E-state index contributed by atoms with van der Waals surface area (Å²) in [4.78, 5) is 57.4. The number of rotatable bonds is 20. The summed E-state index contributed by atoms with van der Waals surface area (Å²) in [6.45, 7) is 4.46. The largest absolute Gasteiger partial charge is 0.481 e. The van der Waals surface area contributed by atoms with Crippen molar-refractivity contribution in [1.29, 1.82) is 0 Å². The topological polar surface area (TPSA) is 244 Å². The number of benzene rings is 2. The van der Waals surface area contributed by atoms with Crippen molar-refractivity contribution in [1.82, 2.24) is 39.7 Å². The van der Waals surface area contributed by atoms with E-state index in [1.165, 1.54) is 55.5 Å². The monoisotopic (exact) mass is 850 g/mol. The molecule has 298 valence electrons. The summed E-state index contributed by atoms with van der Waals surface area (Å²) < 4.78 is 3.02. The molecule has 57 heavy (non-hydrogen) atoms. The Labute approximate surface area is 342 Å². The zero-order valence-electron chi connectivity index (χ0n) is 30.6. The highest BCUT2D eigenvalue weighted by atomic mass is 32.2. The van der Waals surface area contributed by atoms with Crippen molar-refractivity contribution in [3.63, 3.8) is 0 Å². The molecule has 0 radical (unpaired) electrons. The quantitative estimate of drug-likeness (QED) is 0.0418. The second-order valence-electron chi connectivity index (χ2n) is 11.3. The number of carboxylic acid groups (broad SMARTS) is 2. The fraction of sp³-hybridized carbons (Fsp3) is 0.257. The third kappa shape index (κ3) is 12.6. The number of anilines is 2. The van der Waals surface area contributed by atoms with E-state index in [0.29, 0.717) is 59.8 Å². The van der Waals surface area contributed by atoms with Gasteiger partial charge in [0, 0.05) is 35.0 Å². The Balaban J connectivity index is 0.00000305. The van der Waals surface area contributed by atoms with Gasteiger partial charge < -0.3 is 20.8 Å². The summed E-state index contributed by atoms with van der Waals surface area (Å²) in [7, 11) is 0. The Kier molecular flexibility index (Phi) is 15.9. The van der Waals surface area contributed by atoms with Crippen molar-refractivity contribution in [2.45, 2.75) is 49.8 Å². The van der Waals surface area contributed by atoms with Gasteiger partial charge in [-0.25, -0.2) is 19.3 Å². The molecule has 0 spiro atoms. The molecule has 0 atom stereocenters. The molecule has 6 aromatic rings. The van der Waals surface area contributed by atoms with E-state index in [1.54, 1.807) is 48.5 Å². The van der Waals surface area contributed by atoms with Crippen molar-refractivity contribution in [2.24, 2.45) is 0 Å². The molecule has 6 rings (SSSR count). The van der Waals surface area contributed by atoms with Crippen LogP contribution in [0.4, 0.5) is 10.3 Å². The number of nitrogens with zero attached hydrogens (tertiary/aromatic N) is 8. The zero-order valence-corrected chi connectivity index (χ0v) is 33.9. The fourth-order valence-electron chi connectivity index (χ4n) is 4.70. The Morgan fingerprint density at radius 2 is 1.04 bits per heavy atom. The van der Waals surface area contributed by atoms with Gasteiger partial charge in [-0.2, -0.15) is 0 Å². The number of carbonyl (C=O) groups excluding carboxylic acids is 2. The maximum Gasteiger partial charge on any atom is 0.305 e. The van der Waals surface area contributed by atoms with Crippen LogP contribution >= 0.6 is 46.2 Å². The maximum absolute atomic E-state index is 13.3. The molecule has 18 nitrogen and oxygen atoms in total. The van der Waals surface area contributed by atoms with Crippen molar-refractivity contribution in [2.75, 3.05) is 39.7 Å². The summed E-state index contributed by atoms with van der Waals surface area (Å²) in [5.41, 5.74) is 7.95. The maximum atomic E-state index is 13.3. The number of carbonyl (C=O) groups is 4. The lowest BCUT2D eigenvalue weighted by Gasteiger charge is -2.12. The van der Waals surface area contributed by atoms with Gasteiger partial charge in [-0.15, -0.1) is 43.1 Å². The first-order valence-corrected chi connectivity index (χ1v) is 21.1. The van der Waals surface area contributed by atoms with Crippen LogP contribution in [0.1, 0.15) is 70.4 Å². The lowest BCUT2D eigenvalue weighted by atomic mass is 10.2. The van der Waals surface area contributed by atoms with Gasteiger partial charge in [0.05, 0.1) is 42.2 Å². The number of carboxylic acids is 2. The van der Waals surface area contributed by atoms with Crippen LogP contribution in [0.2, 0.25) is 0 Å². The lowest BCUT2D eigenvalue weighted by Crippen LogP contribution is -2.26. The molecule has 2 aromatic carbocycles. The Morgan fingerprint density at radius 1 is 0.632 bits per heavy atom.